The van der Waals surface area contributed by atoms with Gasteiger partial charge in [0, 0.05) is 11.9 Å². The molecule has 0 saturated carbocycles. The number of benzene rings is 2. The van der Waals surface area contributed by atoms with Gasteiger partial charge in [0.15, 0.2) is 0 Å². The lowest BCUT2D eigenvalue weighted by atomic mass is 10.2. The van der Waals surface area contributed by atoms with Gasteiger partial charge in [-0.15, -0.1) is 0 Å². The number of carbonyl (C=O) groups is 1. The number of nitrogens with one attached hydrogen (secondary N) is 1. The van der Waals surface area contributed by atoms with Crippen LogP contribution < -0.4 is 10.9 Å². The highest BCUT2D eigenvalue weighted by atomic mass is 19.1. The molecule has 4 nitrogen and oxygen atoms in total. The van der Waals surface area contributed by atoms with Gasteiger partial charge in [0.05, 0.1) is 6.54 Å². The monoisotopic (exact) mass is 340 g/mol. The highest BCUT2D eigenvalue weighted by Crippen LogP contribution is 2.10. The summed E-state index contributed by atoms with van der Waals surface area (Å²) in [6.07, 6.45) is 1.55. The molecule has 1 N–H and O–H groups in total. The van der Waals surface area contributed by atoms with Crippen LogP contribution in [-0.2, 0) is 6.54 Å². The van der Waals surface area contributed by atoms with E-state index < -0.39 is 17.3 Å². The maximum Gasteiger partial charge on any atom is 0.263 e. The Balaban J connectivity index is 1.84. The minimum Gasteiger partial charge on any atom is -0.322 e. The molecule has 6 heteroatoms. The van der Waals surface area contributed by atoms with Gasteiger partial charge in [-0.05, 0) is 48.0 Å². The fourth-order valence-electron chi connectivity index (χ4n) is 2.39. The number of rotatable bonds is 4. The molecule has 1 heterocycles. The summed E-state index contributed by atoms with van der Waals surface area (Å²) >= 11 is 0. The van der Waals surface area contributed by atoms with E-state index in [-0.39, 0.29) is 23.6 Å². The second kappa shape index (κ2) is 7.09. The van der Waals surface area contributed by atoms with Crippen molar-refractivity contribution in [3.05, 3.63) is 100.0 Å². The smallest absolute Gasteiger partial charge is 0.263 e. The predicted octanol–water partition coefficient (Wildman–Crippen LogP) is 3.43. The molecule has 25 heavy (non-hydrogen) atoms. The molecular formula is C19H14F2N2O2. The zero-order valence-electron chi connectivity index (χ0n) is 13.1. The number of aromatic nitrogens is 1. The van der Waals surface area contributed by atoms with E-state index in [0.717, 1.165) is 11.6 Å². The van der Waals surface area contributed by atoms with Crippen LogP contribution >= 0.6 is 0 Å². The Hall–Kier alpha value is -3.28. The summed E-state index contributed by atoms with van der Waals surface area (Å²) in [6, 6.07) is 14.1. The van der Waals surface area contributed by atoms with E-state index in [1.165, 1.54) is 41.0 Å². The molecular weight excluding hydrogens is 326 g/mol. The Morgan fingerprint density at radius 2 is 1.72 bits per heavy atom. The van der Waals surface area contributed by atoms with Crippen molar-refractivity contribution in [2.75, 3.05) is 5.32 Å². The summed E-state index contributed by atoms with van der Waals surface area (Å²) in [5.74, 6) is -1.47. The van der Waals surface area contributed by atoms with Crippen LogP contribution in [0.25, 0.3) is 0 Å². The van der Waals surface area contributed by atoms with E-state index in [1.54, 1.807) is 24.4 Å². The quantitative estimate of drug-likeness (QED) is 0.791. The van der Waals surface area contributed by atoms with Gasteiger partial charge in [0.2, 0.25) is 0 Å². The van der Waals surface area contributed by atoms with E-state index in [9.17, 15) is 18.4 Å². The normalized spacial score (nSPS) is 10.5. The van der Waals surface area contributed by atoms with Crippen molar-refractivity contribution in [3.8, 4) is 0 Å². The van der Waals surface area contributed by atoms with Crippen molar-refractivity contribution in [1.82, 2.24) is 4.57 Å². The number of pyridine rings is 1. The molecule has 0 fully saturated rings. The van der Waals surface area contributed by atoms with Gasteiger partial charge in [-0.3, -0.25) is 9.59 Å². The number of hydrogen-bond acceptors (Lipinski definition) is 2. The van der Waals surface area contributed by atoms with E-state index >= 15 is 0 Å². The molecule has 0 aliphatic heterocycles. The van der Waals surface area contributed by atoms with Crippen LogP contribution in [0.3, 0.4) is 0 Å². The minimum absolute atomic E-state index is 0.0612. The Morgan fingerprint density at radius 1 is 0.960 bits per heavy atom. The maximum absolute atomic E-state index is 13.2. The number of amides is 1. The number of halogens is 2. The third-order valence-electron chi connectivity index (χ3n) is 3.61. The summed E-state index contributed by atoms with van der Waals surface area (Å²) in [5.41, 5.74) is 0.444. The van der Waals surface area contributed by atoms with Gasteiger partial charge in [-0.25, -0.2) is 8.78 Å². The van der Waals surface area contributed by atoms with Crippen molar-refractivity contribution >= 4 is 11.6 Å². The summed E-state index contributed by atoms with van der Waals surface area (Å²) < 4.78 is 27.5. The van der Waals surface area contributed by atoms with Crippen molar-refractivity contribution < 1.29 is 13.6 Å². The first kappa shape index (κ1) is 16.6. The predicted molar refractivity (Wildman–Crippen MR) is 90.6 cm³/mol. The van der Waals surface area contributed by atoms with Gasteiger partial charge >= 0.3 is 0 Å². The number of carbonyl (C=O) groups excluding carboxylic acids is 1. The SMILES string of the molecule is O=C(Nc1cccc(F)c1)c1cccn(Cc2ccc(F)cc2)c1=O. The Labute approximate surface area is 142 Å². The summed E-state index contributed by atoms with van der Waals surface area (Å²) in [4.78, 5) is 24.8. The van der Waals surface area contributed by atoms with E-state index in [1.807, 2.05) is 0 Å². The molecule has 1 amide bonds. The van der Waals surface area contributed by atoms with Crippen LogP contribution in [0.5, 0.6) is 0 Å². The van der Waals surface area contributed by atoms with Crippen molar-refractivity contribution in [1.29, 1.82) is 0 Å². The second-order valence-corrected chi connectivity index (χ2v) is 5.45. The molecule has 0 atom stereocenters. The molecule has 0 aliphatic rings. The van der Waals surface area contributed by atoms with Gasteiger partial charge in [0.1, 0.15) is 17.2 Å². The Morgan fingerprint density at radius 3 is 2.44 bits per heavy atom. The fraction of sp³-hybridized carbons (Fsp3) is 0.0526. The Bertz CT molecular complexity index is 966. The van der Waals surface area contributed by atoms with Crippen LogP contribution in [-0.4, -0.2) is 10.5 Å². The number of nitrogens with zero attached hydrogens (tertiary/aromatic N) is 1. The summed E-state index contributed by atoms with van der Waals surface area (Å²) in [7, 11) is 0. The molecule has 3 rings (SSSR count). The average molecular weight is 340 g/mol. The first-order valence-electron chi connectivity index (χ1n) is 7.54. The summed E-state index contributed by atoms with van der Waals surface area (Å²) in [6.45, 7) is 0.209. The molecule has 0 bridgehead atoms. The number of hydrogen-bond donors (Lipinski definition) is 1. The molecule has 0 saturated heterocycles. The molecule has 0 radical (unpaired) electrons. The molecule has 3 aromatic rings. The molecule has 0 aliphatic carbocycles. The van der Waals surface area contributed by atoms with Crippen LogP contribution in [0.4, 0.5) is 14.5 Å². The summed E-state index contributed by atoms with van der Waals surface area (Å²) in [5, 5.41) is 2.50. The lowest BCUT2D eigenvalue weighted by Crippen LogP contribution is -2.29. The zero-order chi connectivity index (χ0) is 17.8. The van der Waals surface area contributed by atoms with E-state index in [0.29, 0.717) is 0 Å². The Kier molecular flexibility index (Phi) is 4.70. The zero-order valence-corrected chi connectivity index (χ0v) is 13.1. The average Bonchev–Trinajstić information content (AvgIpc) is 2.58. The first-order chi connectivity index (χ1) is 12.0. The third-order valence-corrected chi connectivity index (χ3v) is 3.61. The highest BCUT2D eigenvalue weighted by Gasteiger charge is 2.13. The second-order valence-electron chi connectivity index (χ2n) is 5.45. The van der Waals surface area contributed by atoms with E-state index in [2.05, 4.69) is 5.32 Å². The van der Waals surface area contributed by atoms with Crippen molar-refractivity contribution in [2.24, 2.45) is 0 Å². The van der Waals surface area contributed by atoms with Crippen molar-refractivity contribution in [2.45, 2.75) is 6.54 Å². The van der Waals surface area contributed by atoms with Crippen LogP contribution in [0.2, 0.25) is 0 Å². The molecule has 1 aromatic heterocycles. The third kappa shape index (κ3) is 3.98. The maximum atomic E-state index is 13.2. The van der Waals surface area contributed by atoms with Gasteiger partial charge in [-0.1, -0.05) is 18.2 Å². The lowest BCUT2D eigenvalue weighted by molar-refractivity contribution is 0.102. The van der Waals surface area contributed by atoms with Crippen LogP contribution in [0, 0.1) is 11.6 Å². The number of anilines is 1. The first-order valence-corrected chi connectivity index (χ1v) is 7.54. The van der Waals surface area contributed by atoms with Crippen molar-refractivity contribution in [3.63, 3.8) is 0 Å². The van der Waals surface area contributed by atoms with Crippen LogP contribution in [0.1, 0.15) is 15.9 Å². The fourth-order valence-corrected chi connectivity index (χ4v) is 2.39. The molecule has 0 unspecified atom stereocenters. The van der Waals surface area contributed by atoms with Gasteiger partial charge in [0.25, 0.3) is 11.5 Å². The highest BCUT2D eigenvalue weighted by molar-refractivity contribution is 6.03. The lowest BCUT2D eigenvalue weighted by Gasteiger charge is -2.09. The van der Waals surface area contributed by atoms with Crippen LogP contribution in [0.15, 0.2) is 71.7 Å². The van der Waals surface area contributed by atoms with E-state index in [4.69, 9.17) is 0 Å². The van der Waals surface area contributed by atoms with Gasteiger partial charge < -0.3 is 9.88 Å². The topological polar surface area (TPSA) is 51.1 Å². The molecule has 0 spiro atoms. The minimum atomic E-state index is -0.621. The largest absolute Gasteiger partial charge is 0.322 e. The molecule has 126 valence electrons. The standard InChI is InChI=1S/C19H14F2N2O2/c20-14-8-6-13(7-9-14)12-23-10-2-5-17(19(23)25)18(24)22-16-4-1-3-15(21)11-16/h1-11H,12H2,(H,22,24). The molecule has 2 aromatic carbocycles. The van der Waals surface area contributed by atoms with Gasteiger partial charge in [-0.2, -0.15) is 0 Å².